The standard InChI is InChI=1S/C17H30O3.C14H28O3.C14H30O2.C13H26O3.C12H26O2.C10H20O2/c1-15(2,3)14(18)11-19-12-7-17(8-12)9-13(10-17)20-16(4,5)6;1-12(2)7-10-16-8-5-6-9-17-11-14(15)13(3)4;1-11(2)7-9-15-13(5)14(6)16-10-8-12(3)4;1-11(2)6-9-15-7-5-8-16-10-13(14)12(3)4;1-11(2)5-7-13-9-10-14-8-6-12(3)4;1-8(2)5-6-12-7-10(11)9(3)4/h12-13H,7-11H2,1-6H3;12-13H,5-11H2,1-4H3;11-14H,7-10H2,1-6H3;11-12H,5-10H2,1-4H3;11-12H,5-10H2,1-4H3;8-9H,5-7H2,1-4H3/t;;13-,14-;;;/m..1.../s1. The highest BCUT2D eigenvalue weighted by atomic mass is 16.5. The van der Waals surface area contributed by atoms with Gasteiger partial charge in [0.15, 0.2) is 23.1 Å². The average molecular weight is 1360 g/mol. The van der Waals surface area contributed by atoms with E-state index in [1.807, 2.05) is 62.3 Å². The molecular formula is C80H160O15. The van der Waals surface area contributed by atoms with Gasteiger partial charge in [0.2, 0.25) is 0 Å². The average Bonchev–Trinajstić information content (AvgIpc) is 0.745. The first-order valence-corrected chi connectivity index (χ1v) is 37.8. The Bertz CT molecular complexity index is 1720. The van der Waals surface area contributed by atoms with Crippen LogP contribution >= 0.6 is 0 Å². The fraction of sp³-hybridized carbons (Fsp3) is 0.950. The number of Topliss-reactive ketones (excluding diaryl/α,β-unsaturated/α-hetero) is 4. The van der Waals surface area contributed by atoms with Crippen LogP contribution in [0.1, 0.15) is 284 Å². The van der Waals surface area contributed by atoms with Gasteiger partial charge in [-0.25, -0.2) is 0 Å². The number of ether oxygens (including phenoxy) is 11. The normalized spacial score (nSPS) is 16.8. The molecule has 0 aromatic carbocycles. The quantitative estimate of drug-likeness (QED) is 0.0527. The van der Waals surface area contributed by atoms with Gasteiger partial charge in [-0.3, -0.25) is 19.2 Å². The molecule has 2 atom stereocenters. The van der Waals surface area contributed by atoms with Gasteiger partial charge in [0, 0.05) is 95.8 Å². The summed E-state index contributed by atoms with van der Waals surface area (Å²) in [7, 11) is 0. The number of unbranched alkanes of at least 4 members (excludes halogenated alkanes) is 1. The minimum atomic E-state index is -0.288. The SMILES string of the molecule is CC(C)(C)OC1CC2(CC(OCC(=O)C(C)(C)C)C2)C1.CC(C)CCOCC(=O)C(C)C.CC(C)CCOCCCCOCC(=O)C(C)C.CC(C)CCOCCCOCC(=O)C(C)C.CC(C)CCOCCOCCC(C)C.CC(C)CCO[C@H](C)[C@@H](C)OCCC(C)C. The van der Waals surface area contributed by atoms with E-state index in [4.69, 9.17) is 52.1 Å². The number of carbonyl (C=O) groups excluding carboxylic acids is 4. The van der Waals surface area contributed by atoms with Gasteiger partial charge < -0.3 is 52.1 Å². The van der Waals surface area contributed by atoms with E-state index in [1.54, 1.807) is 0 Å². The number of rotatable bonds is 49. The zero-order valence-corrected chi connectivity index (χ0v) is 67.6. The first kappa shape index (κ1) is 99.6. The molecule has 2 saturated carbocycles. The fourth-order valence-electron chi connectivity index (χ4n) is 8.32. The second kappa shape index (κ2) is 61.0. The van der Waals surface area contributed by atoms with Gasteiger partial charge >= 0.3 is 0 Å². The second-order valence-corrected chi connectivity index (χ2v) is 32.7. The van der Waals surface area contributed by atoms with Crippen LogP contribution in [0.2, 0.25) is 0 Å². The van der Waals surface area contributed by atoms with Gasteiger partial charge in [0.05, 0.1) is 43.2 Å². The molecule has 0 aromatic rings. The van der Waals surface area contributed by atoms with Gasteiger partial charge in [0.25, 0.3) is 0 Å². The zero-order chi connectivity index (χ0) is 73.6. The van der Waals surface area contributed by atoms with Crippen LogP contribution in [0.4, 0.5) is 0 Å². The molecule has 0 aromatic heterocycles. The van der Waals surface area contributed by atoms with E-state index in [0.717, 1.165) is 168 Å². The predicted molar refractivity (Wildman–Crippen MR) is 396 cm³/mol. The van der Waals surface area contributed by atoms with Crippen LogP contribution in [0, 0.1) is 70.0 Å². The van der Waals surface area contributed by atoms with Gasteiger partial charge in [0.1, 0.15) is 26.4 Å². The molecule has 0 saturated heterocycles. The zero-order valence-electron chi connectivity index (χ0n) is 67.6. The van der Waals surface area contributed by atoms with Gasteiger partial charge in [-0.2, -0.15) is 0 Å². The summed E-state index contributed by atoms with van der Waals surface area (Å²) < 4.78 is 60.8. The molecule has 2 aliphatic carbocycles. The Morgan fingerprint density at radius 2 is 0.589 bits per heavy atom. The molecule has 570 valence electrons. The number of ketones is 4. The van der Waals surface area contributed by atoms with Crippen LogP contribution in [-0.2, 0) is 71.3 Å². The van der Waals surface area contributed by atoms with Gasteiger partial charge in [-0.1, -0.05) is 159 Å². The van der Waals surface area contributed by atoms with Crippen LogP contribution < -0.4 is 0 Å². The van der Waals surface area contributed by atoms with E-state index in [2.05, 4.69) is 132 Å². The van der Waals surface area contributed by atoms with E-state index < -0.39 is 0 Å². The summed E-state index contributed by atoms with van der Waals surface area (Å²) in [5.41, 5.74) is 0.139. The highest BCUT2D eigenvalue weighted by Crippen LogP contribution is 2.58. The van der Waals surface area contributed by atoms with Crippen molar-refractivity contribution in [3.8, 4) is 0 Å². The summed E-state index contributed by atoms with van der Waals surface area (Å²) >= 11 is 0. The number of carbonyl (C=O) groups is 4. The van der Waals surface area contributed by atoms with E-state index in [1.165, 1.54) is 0 Å². The molecule has 0 heterocycles. The topological polar surface area (TPSA) is 170 Å². The third kappa shape index (κ3) is 70.5. The molecule has 0 N–H and O–H groups in total. The van der Waals surface area contributed by atoms with Crippen molar-refractivity contribution in [3.63, 3.8) is 0 Å². The summed E-state index contributed by atoms with van der Waals surface area (Å²) in [6.07, 6.45) is 16.3. The lowest BCUT2D eigenvalue weighted by Crippen LogP contribution is -2.55. The molecular weight excluding hydrogens is 1200 g/mol. The van der Waals surface area contributed by atoms with Gasteiger partial charge in [-0.05, 0) is 171 Å². The maximum Gasteiger partial charge on any atom is 0.163 e. The molecule has 15 nitrogen and oxygen atoms in total. The highest BCUT2D eigenvalue weighted by Gasteiger charge is 2.54. The minimum absolute atomic E-state index is 0.0367. The molecule has 2 aliphatic rings. The van der Waals surface area contributed by atoms with E-state index in [-0.39, 0.29) is 96.6 Å². The summed E-state index contributed by atoms with van der Waals surface area (Å²) in [6.45, 7) is 69.6. The molecule has 0 radical (unpaired) electrons. The number of hydrogen-bond donors (Lipinski definition) is 0. The van der Waals surface area contributed by atoms with Crippen LogP contribution in [0.25, 0.3) is 0 Å². The second-order valence-electron chi connectivity index (χ2n) is 32.7. The largest absolute Gasteiger partial charge is 0.381 e. The Kier molecular flexibility index (Phi) is 63.9. The summed E-state index contributed by atoms with van der Waals surface area (Å²) in [5, 5.41) is 0. The van der Waals surface area contributed by atoms with Crippen molar-refractivity contribution in [1.29, 1.82) is 0 Å². The summed E-state index contributed by atoms with van der Waals surface area (Å²) in [4.78, 5) is 45.3. The first-order chi connectivity index (χ1) is 44.2. The monoisotopic (exact) mass is 1360 g/mol. The summed E-state index contributed by atoms with van der Waals surface area (Å²) in [6, 6.07) is 0. The third-order valence-corrected chi connectivity index (χ3v) is 15.9. The van der Waals surface area contributed by atoms with Crippen molar-refractivity contribution in [3.05, 3.63) is 0 Å². The van der Waals surface area contributed by atoms with E-state index >= 15 is 0 Å². The lowest BCUT2D eigenvalue weighted by atomic mass is 9.53. The maximum absolute atomic E-state index is 11.8. The van der Waals surface area contributed by atoms with Crippen molar-refractivity contribution < 1.29 is 71.3 Å². The fourth-order valence-corrected chi connectivity index (χ4v) is 8.32. The third-order valence-electron chi connectivity index (χ3n) is 15.9. The lowest BCUT2D eigenvalue weighted by Gasteiger charge is -2.57. The molecule has 95 heavy (non-hydrogen) atoms. The van der Waals surface area contributed by atoms with Crippen LogP contribution in [0.15, 0.2) is 0 Å². The van der Waals surface area contributed by atoms with Crippen molar-refractivity contribution in [2.45, 2.75) is 314 Å². The van der Waals surface area contributed by atoms with Crippen molar-refractivity contribution >= 4 is 23.1 Å². The van der Waals surface area contributed by atoms with Gasteiger partial charge in [-0.15, -0.1) is 0 Å². The molecule has 0 unspecified atom stereocenters. The molecule has 2 rings (SSSR count). The Hall–Kier alpha value is -1.76. The summed E-state index contributed by atoms with van der Waals surface area (Å²) in [5.74, 6) is 5.93. The molecule has 2 fully saturated rings. The van der Waals surface area contributed by atoms with E-state index in [0.29, 0.717) is 60.9 Å². The highest BCUT2D eigenvalue weighted by molar-refractivity contribution is 5.84. The Morgan fingerprint density at radius 1 is 0.326 bits per heavy atom. The van der Waals surface area contributed by atoms with Crippen LogP contribution in [0.3, 0.4) is 0 Å². The molecule has 0 aliphatic heterocycles. The van der Waals surface area contributed by atoms with Crippen molar-refractivity contribution in [2.24, 2.45) is 70.0 Å². The Morgan fingerprint density at radius 3 is 0.895 bits per heavy atom. The van der Waals surface area contributed by atoms with Crippen LogP contribution in [-0.4, -0.2) is 165 Å². The molecule has 0 bridgehead atoms. The lowest BCUT2D eigenvalue weighted by molar-refractivity contribution is -0.202. The predicted octanol–water partition coefficient (Wildman–Crippen LogP) is 18.8. The molecule has 0 amide bonds. The molecule has 15 heteroatoms. The van der Waals surface area contributed by atoms with Crippen molar-refractivity contribution in [2.75, 3.05) is 112 Å². The Balaban J connectivity index is -0.000000527. The molecule has 1 spiro atoms. The Labute approximate surface area is 587 Å². The minimum Gasteiger partial charge on any atom is -0.381 e. The first-order valence-electron chi connectivity index (χ1n) is 37.8. The van der Waals surface area contributed by atoms with Crippen molar-refractivity contribution in [1.82, 2.24) is 0 Å². The van der Waals surface area contributed by atoms with Crippen LogP contribution in [0.5, 0.6) is 0 Å². The number of hydrogen-bond acceptors (Lipinski definition) is 15. The van der Waals surface area contributed by atoms with E-state index in [9.17, 15) is 19.2 Å². The maximum atomic E-state index is 11.8. The smallest absolute Gasteiger partial charge is 0.163 e.